The Bertz CT molecular complexity index is 119. The van der Waals surface area contributed by atoms with E-state index >= 15 is 0 Å². The van der Waals surface area contributed by atoms with Gasteiger partial charge in [-0.3, -0.25) is 4.90 Å². The van der Waals surface area contributed by atoms with Gasteiger partial charge in [0.1, 0.15) is 0 Å². The molecule has 0 amide bonds. The fourth-order valence-corrected chi connectivity index (χ4v) is 1.88. The zero-order valence-corrected chi connectivity index (χ0v) is 7.64. The van der Waals surface area contributed by atoms with E-state index in [1.165, 1.54) is 6.42 Å². The lowest BCUT2D eigenvalue weighted by molar-refractivity contribution is -0.102. The van der Waals surface area contributed by atoms with Crippen LogP contribution in [0.3, 0.4) is 0 Å². The molecule has 2 heteroatoms. The van der Waals surface area contributed by atoms with Crippen LogP contribution in [0.2, 0.25) is 0 Å². The van der Waals surface area contributed by atoms with Gasteiger partial charge in [-0.1, -0.05) is 20.3 Å². The predicted octanol–water partition coefficient (Wildman–Crippen LogP) is 1.24. The van der Waals surface area contributed by atoms with Crippen LogP contribution in [0.1, 0.15) is 33.1 Å². The maximum Gasteiger partial charge on any atom is 0.0900 e. The van der Waals surface area contributed by atoms with Gasteiger partial charge in [-0.25, -0.2) is 0 Å². The second kappa shape index (κ2) is 3.55. The first-order valence-electron chi connectivity index (χ1n) is 4.65. The van der Waals surface area contributed by atoms with E-state index < -0.39 is 0 Å². The first-order chi connectivity index (χ1) is 5.20. The molecule has 1 fully saturated rings. The molecule has 1 aliphatic heterocycles. The van der Waals surface area contributed by atoms with Crippen LogP contribution in [0, 0.1) is 0 Å². The largest absolute Gasteiger partial charge is 0.387 e. The lowest BCUT2D eigenvalue weighted by atomic mass is 9.89. The molecule has 11 heavy (non-hydrogen) atoms. The predicted molar refractivity (Wildman–Crippen MR) is 46.6 cm³/mol. The van der Waals surface area contributed by atoms with Gasteiger partial charge in [-0.2, -0.15) is 0 Å². The van der Waals surface area contributed by atoms with Crippen LogP contribution in [-0.4, -0.2) is 35.2 Å². The molecular formula is C9H19NO. The van der Waals surface area contributed by atoms with Crippen molar-refractivity contribution in [2.75, 3.05) is 19.6 Å². The molecular weight excluding hydrogens is 138 g/mol. The highest BCUT2D eigenvalue weighted by molar-refractivity contribution is 4.94. The quantitative estimate of drug-likeness (QED) is 0.663. The fraction of sp³-hybridized carbons (Fsp3) is 1.00. The molecule has 1 N–H and O–H groups in total. The van der Waals surface area contributed by atoms with Gasteiger partial charge >= 0.3 is 0 Å². The van der Waals surface area contributed by atoms with Gasteiger partial charge in [0.2, 0.25) is 0 Å². The van der Waals surface area contributed by atoms with Crippen molar-refractivity contribution in [3.05, 3.63) is 0 Å². The summed E-state index contributed by atoms with van der Waals surface area (Å²) in [5.41, 5.74) is -0.329. The third kappa shape index (κ3) is 2.17. The van der Waals surface area contributed by atoms with E-state index in [2.05, 4.69) is 18.7 Å². The van der Waals surface area contributed by atoms with E-state index in [0.717, 1.165) is 32.5 Å². The highest BCUT2D eigenvalue weighted by Crippen LogP contribution is 2.25. The molecule has 0 bridgehead atoms. The Labute approximate surface area is 69.2 Å². The monoisotopic (exact) mass is 157 g/mol. The van der Waals surface area contributed by atoms with Gasteiger partial charge in [-0.15, -0.1) is 0 Å². The van der Waals surface area contributed by atoms with Crippen molar-refractivity contribution in [3.8, 4) is 0 Å². The van der Waals surface area contributed by atoms with E-state index in [-0.39, 0.29) is 5.60 Å². The highest BCUT2D eigenvalue weighted by Gasteiger charge is 2.39. The van der Waals surface area contributed by atoms with E-state index in [1.807, 2.05) is 0 Å². The molecule has 1 saturated heterocycles. The minimum absolute atomic E-state index is 0.329. The summed E-state index contributed by atoms with van der Waals surface area (Å²) in [4.78, 5) is 2.32. The molecule has 0 aromatic rings. The van der Waals surface area contributed by atoms with Crippen LogP contribution in [0.4, 0.5) is 0 Å². The minimum atomic E-state index is -0.329. The smallest absolute Gasteiger partial charge is 0.0900 e. The summed E-state index contributed by atoms with van der Waals surface area (Å²) in [7, 11) is 0. The molecule has 0 spiro atoms. The molecule has 1 aliphatic rings. The lowest BCUT2D eigenvalue weighted by Gasteiger charge is -2.46. The first kappa shape index (κ1) is 9.01. The van der Waals surface area contributed by atoms with Crippen LogP contribution < -0.4 is 0 Å². The van der Waals surface area contributed by atoms with E-state index in [4.69, 9.17) is 0 Å². The standard InChI is InChI=1S/C9H19NO/c1-3-5-9(11)7-10(8-9)6-4-2/h11H,3-8H2,1-2H3. The van der Waals surface area contributed by atoms with Crippen LogP contribution in [0.5, 0.6) is 0 Å². The zero-order valence-electron chi connectivity index (χ0n) is 7.64. The third-order valence-corrected chi connectivity index (χ3v) is 2.29. The number of nitrogens with zero attached hydrogens (tertiary/aromatic N) is 1. The van der Waals surface area contributed by atoms with Gasteiger partial charge < -0.3 is 5.11 Å². The van der Waals surface area contributed by atoms with Crippen molar-refractivity contribution >= 4 is 0 Å². The van der Waals surface area contributed by atoms with Crippen molar-refractivity contribution in [3.63, 3.8) is 0 Å². The Balaban J connectivity index is 2.15. The number of hydrogen-bond donors (Lipinski definition) is 1. The van der Waals surface area contributed by atoms with Gasteiger partial charge in [0.05, 0.1) is 5.60 Å². The maximum atomic E-state index is 9.77. The molecule has 1 heterocycles. The zero-order chi connectivity index (χ0) is 8.32. The summed E-state index contributed by atoms with van der Waals surface area (Å²) < 4.78 is 0. The van der Waals surface area contributed by atoms with Crippen molar-refractivity contribution in [2.45, 2.75) is 38.7 Å². The SMILES string of the molecule is CCCN1CC(O)(CCC)C1. The molecule has 0 atom stereocenters. The minimum Gasteiger partial charge on any atom is -0.387 e. The van der Waals surface area contributed by atoms with Crippen molar-refractivity contribution in [2.24, 2.45) is 0 Å². The van der Waals surface area contributed by atoms with Gasteiger partial charge in [0.25, 0.3) is 0 Å². The first-order valence-corrected chi connectivity index (χ1v) is 4.65. The van der Waals surface area contributed by atoms with Crippen molar-refractivity contribution in [1.82, 2.24) is 4.90 Å². The summed E-state index contributed by atoms with van der Waals surface area (Å²) in [6, 6.07) is 0. The summed E-state index contributed by atoms with van der Waals surface area (Å²) in [5.74, 6) is 0. The molecule has 0 radical (unpaired) electrons. The molecule has 0 saturated carbocycles. The van der Waals surface area contributed by atoms with Crippen LogP contribution in [0.15, 0.2) is 0 Å². The molecule has 1 rings (SSSR count). The number of β-amino-alcohol motifs (C(OH)–C–C–N with tert-alkyl or cyclic N) is 1. The summed E-state index contributed by atoms with van der Waals surface area (Å²) >= 11 is 0. The third-order valence-electron chi connectivity index (χ3n) is 2.29. The molecule has 2 nitrogen and oxygen atoms in total. The van der Waals surface area contributed by atoms with E-state index in [1.54, 1.807) is 0 Å². The van der Waals surface area contributed by atoms with Crippen LogP contribution >= 0.6 is 0 Å². The van der Waals surface area contributed by atoms with Gasteiger partial charge in [0.15, 0.2) is 0 Å². The van der Waals surface area contributed by atoms with Crippen molar-refractivity contribution < 1.29 is 5.11 Å². The highest BCUT2D eigenvalue weighted by atomic mass is 16.3. The topological polar surface area (TPSA) is 23.5 Å². The Kier molecular flexibility index (Phi) is 2.90. The molecule has 0 aromatic carbocycles. The van der Waals surface area contributed by atoms with Gasteiger partial charge in [-0.05, 0) is 19.4 Å². The number of rotatable bonds is 4. The average molecular weight is 157 g/mol. The van der Waals surface area contributed by atoms with Crippen LogP contribution in [0.25, 0.3) is 0 Å². The Morgan fingerprint density at radius 3 is 2.36 bits per heavy atom. The second-order valence-corrected chi connectivity index (χ2v) is 3.68. The van der Waals surface area contributed by atoms with Gasteiger partial charge in [0, 0.05) is 13.1 Å². The number of aliphatic hydroxyl groups is 1. The normalized spacial score (nSPS) is 23.2. The lowest BCUT2D eigenvalue weighted by Crippen LogP contribution is -2.61. The second-order valence-electron chi connectivity index (χ2n) is 3.68. The Morgan fingerprint density at radius 2 is 1.91 bits per heavy atom. The Hall–Kier alpha value is -0.0800. The Morgan fingerprint density at radius 1 is 1.27 bits per heavy atom. The fourth-order valence-electron chi connectivity index (χ4n) is 1.88. The maximum absolute atomic E-state index is 9.77. The van der Waals surface area contributed by atoms with E-state index in [9.17, 15) is 5.11 Å². The molecule has 0 aliphatic carbocycles. The van der Waals surface area contributed by atoms with Crippen molar-refractivity contribution in [1.29, 1.82) is 0 Å². The molecule has 66 valence electrons. The van der Waals surface area contributed by atoms with E-state index in [0.29, 0.717) is 0 Å². The average Bonchev–Trinajstić information content (AvgIpc) is 1.85. The summed E-state index contributed by atoms with van der Waals surface area (Å²) in [6.45, 7) is 7.24. The summed E-state index contributed by atoms with van der Waals surface area (Å²) in [5, 5.41) is 9.77. The summed E-state index contributed by atoms with van der Waals surface area (Å²) in [6.07, 6.45) is 3.26. The number of hydrogen-bond acceptors (Lipinski definition) is 2. The number of likely N-dealkylation sites (tertiary alicyclic amines) is 1. The van der Waals surface area contributed by atoms with Crippen LogP contribution in [-0.2, 0) is 0 Å². The molecule has 0 aromatic heterocycles. The molecule has 0 unspecified atom stereocenters.